The lowest BCUT2D eigenvalue weighted by molar-refractivity contribution is 0.0510. The predicted octanol–water partition coefficient (Wildman–Crippen LogP) is 2.77. The van der Waals surface area contributed by atoms with Crippen molar-refractivity contribution < 1.29 is 24.1 Å². The average molecular weight is 288 g/mol. The molecule has 0 aliphatic heterocycles. The Morgan fingerprint density at radius 3 is 2.76 bits per heavy atom. The highest BCUT2D eigenvalue weighted by molar-refractivity contribution is 5.76. The molecule has 5 nitrogen and oxygen atoms in total. The number of rotatable bonds is 7. The van der Waals surface area contributed by atoms with Crippen molar-refractivity contribution in [1.82, 2.24) is 0 Å². The lowest BCUT2D eigenvalue weighted by Gasteiger charge is -2.10. The molecule has 0 atom stereocenters. The summed E-state index contributed by atoms with van der Waals surface area (Å²) in [6.07, 6.45) is 0.700. The van der Waals surface area contributed by atoms with E-state index in [4.69, 9.17) is 14.2 Å². The predicted molar refractivity (Wildman–Crippen MR) is 76.8 cm³/mol. The summed E-state index contributed by atoms with van der Waals surface area (Å²) >= 11 is 0. The van der Waals surface area contributed by atoms with Gasteiger partial charge in [0.25, 0.3) is 0 Å². The van der Waals surface area contributed by atoms with Crippen LogP contribution in [0.5, 0.6) is 17.2 Å². The third-order valence-electron chi connectivity index (χ3n) is 2.76. The van der Waals surface area contributed by atoms with Gasteiger partial charge in [-0.25, -0.2) is 0 Å². The number of aldehydes is 1. The number of carbonyl (C=O) groups is 1. The minimum atomic E-state index is -0.00705. The highest BCUT2D eigenvalue weighted by Crippen LogP contribution is 2.27. The molecular formula is C16H16O5. The number of carbonyl (C=O) groups excluding carboxylic acids is 1. The quantitative estimate of drug-likeness (QED) is 0.627. The molecule has 0 spiro atoms. The summed E-state index contributed by atoms with van der Waals surface area (Å²) in [5.41, 5.74) is 1.32. The molecule has 1 N–H and O–H groups in total. The average Bonchev–Trinajstić information content (AvgIpc) is 2.52. The van der Waals surface area contributed by atoms with E-state index < -0.39 is 0 Å². The zero-order chi connectivity index (χ0) is 15.1. The first-order chi connectivity index (χ1) is 10.2. The van der Waals surface area contributed by atoms with Crippen LogP contribution < -0.4 is 9.47 Å². The summed E-state index contributed by atoms with van der Waals surface area (Å²) in [6, 6.07) is 11.8. The minimum Gasteiger partial charge on any atom is -0.504 e. The van der Waals surface area contributed by atoms with Crippen LogP contribution in [-0.2, 0) is 11.3 Å². The first-order valence-corrected chi connectivity index (χ1v) is 6.34. The Hall–Kier alpha value is -2.53. The van der Waals surface area contributed by atoms with Crippen LogP contribution in [0.3, 0.4) is 0 Å². The Labute approximate surface area is 122 Å². The Morgan fingerprint density at radius 1 is 1.14 bits per heavy atom. The normalized spacial score (nSPS) is 10.1. The van der Waals surface area contributed by atoms with Gasteiger partial charge in [0.1, 0.15) is 18.6 Å². The van der Waals surface area contributed by atoms with Gasteiger partial charge in [0, 0.05) is 12.7 Å². The fourth-order valence-corrected chi connectivity index (χ4v) is 1.73. The standard InChI is InChI=1S/C16H16O5/c1-19-11-21-14-4-2-3-13(7-14)10-20-16-8-12(9-17)5-6-15(16)18/h2-9,18H,10-11H2,1H3. The van der Waals surface area contributed by atoms with E-state index in [-0.39, 0.29) is 24.9 Å². The molecule has 21 heavy (non-hydrogen) atoms. The summed E-state index contributed by atoms with van der Waals surface area (Å²) in [7, 11) is 1.55. The number of phenols is 1. The molecule has 0 saturated carbocycles. The zero-order valence-electron chi connectivity index (χ0n) is 11.6. The van der Waals surface area contributed by atoms with Gasteiger partial charge in [-0.3, -0.25) is 4.79 Å². The second-order valence-electron chi connectivity index (χ2n) is 4.33. The van der Waals surface area contributed by atoms with Crippen LogP contribution in [-0.4, -0.2) is 25.3 Å². The maximum Gasteiger partial charge on any atom is 0.188 e. The molecule has 110 valence electrons. The Balaban J connectivity index is 2.04. The maximum atomic E-state index is 10.7. The largest absolute Gasteiger partial charge is 0.504 e. The van der Waals surface area contributed by atoms with Crippen LogP contribution in [0.15, 0.2) is 42.5 Å². The molecule has 0 aliphatic rings. The van der Waals surface area contributed by atoms with Gasteiger partial charge in [-0.2, -0.15) is 0 Å². The Bertz CT molecular complexity index is 609. The number of hydrogen-bond donors (Lipinski definition) is 1. The Morgan fingerprint density at radius 2 is 2.00 bits per heavy atom. The topological polar surface area (TPSA) is 65.0 Å². The van der Waals surface area contributed by atoms with E-state index in [0.29, 0.717) is 17.6 Å². The molecule has 0 aliphatic carbocycles. The van der Waals surface area contributed by atoms with E-state index in [2.05, 4.69) is 0 Å². The molecule has 5 heteroatoms. The minimum absolute atomic E-state index is 0.00705. The van der Waals surface area contributed by atoms with Gasteiger partial charge in [0.05, 0.1) is 0 Å². The van der Waals surface area contributed by atoms with Gasteiger partial charge in [-0.1, -0.05) is 12.1 Å². The van der Waals surface area contributed by atoms with E-state index in [1.165, 1.54) is 18.2 Å². The van der Waals surface area contributed by atoms with Crippen molar-refractivity contribution in [2.24, 2.45) is 0 Å². The SMILES string of the molecule is COCOc1cccc(COc2cc(C=O)ccc2O)c1. The summed E-state index contributed by atoms with van der Waals surface area (Å²) in [6.45, 7) is 0.423. The summed E-state index contributed by atoms with van der Waals surface area (Å²) in [5.74, 6) is 0.930. The van der Waals surface area contributed by atoms with Crippen LogP contribution in [0, 0.1) is 0 Å². The van der Waals surface area contributed by atoms with Crippen LogP contribution in [0.4, 0.5) is 0 Å². The lowest BCUT2D eigenvalue weighted by Crippen LogP contribution is -2.00. The highest BCUT2D eigenvalue weighted by Gasteiger charge is 2.05. The third-order valence-corrected chi connectivity index (χ3v) is 2.76. The van der Waals surface area contributed by atoms with Crippen molar-refractivity contribution in [3.8, 4) is 17.2 Å². The molecule has 0 radical (unpaired) electrons. The molecule has 2 rings (SSSR count). The Kier molecular flexibility index (Phi) is 5.17. The lowest BCUT2D eigenvalue weighted by atomic mass is 10.2. The van der Waals surface area contributed by atoms with Crippen molar-refractivity contribution in [3.63, 3.8) is 0 Å². The van der Waals surface area contributed by atoms with Crippen molar-refractivity contribution in [2.45, 2.75) is 6.61 Å². The maximum absolute atomic E-state index is 10.7. The second kappa shape index (κ2) is 7.31. The molecule has 0 fully saturated rings. The molecule has 0 saturated heterocycles. The first-order valence-electron chi connectivity index (χ1n) is 6.34. The van der Waals surface area contributed by atoms with Crippen molar-refractivity contribution in [1.29, 1.82) is 0 Å². The smallest absolute Gasteiger partial charge is 0.188 e. The van der Waals surface area contributed by atoms with E-state index in [0.717, 1.165) is 5.56 Å². The number of hydrogen-bond acceptors (Lipinski definition) is 5. The van der Waals surface area contributed by atoms with Crippen molar-refractivity contribution in [3.05, 3.63) is 53.6 Å². The molecule has 2 aromatic rings. The van der Waals surface area contributed by atoms with Gasteiger partial charge in [0.2, 0.25) is 0 Å². The van der Waals surface area contributed by atoms with Gasteiger partial charge < -0.3 is 19.3 Å². The fraction of sp³-hybridized carbons (Fsp3) is 0.188. The number of aromatic hydroxyl groups is 1. The van der Waals surface area contributed by atoms with E-state index in [1.54, 1.807) is 7.11 Å². The summed E-state index contributed by atoms with van der Waals surface area (Å²) < 4.78 is 15.7. The van der Waals surface area contributed by atoms with Crippen LogP contribution in [0.25, 0.3) is 0 Å². The van der Waals surface area contributed by atoms with E-state index >= 15 is 0 Å². The van der Waals surface area contributed by atoms with Gasteiger partial charge >= 0.3 is 0 Å². The fourth-order valence-electron chi connectivity index (χ4n) is 1.73. The van der Waals surface area contributed by atoms with E-state index in [1.807, 2.05) is 24.3 Å². The monoisotopic (exact) mass is 288 g/mol. The molecule has 0 aromatic heterocycles. The van der Waals surface area contributed by atoms with Crippen molar-refractivity contribution >= 4 is 6.29 Å². The molecule has 0 bridgehead atoms. The molecular weight excluding hydrogens is 272 g/mol. The number of methoxy groups -OCH3 is 1. The second-order valence-corrected chi connectivity index (χ2v) is 4.33. The summed E-state index contributed by atoms with van der Waals surface area (Å²) in [5, 5.41) is 9.70. The van der Waals surface area contributed by atoms with Gasteiger partial charge in [0.15, 0.2) is 18.3 Å². The van der Waals surface area contributed by atoms with Crippen molar-refractivity contribution in [2.75, 3.05) is 13.9 Å². The molecule has 0 unspecified atom stereocenters. The highest BCUT2D eigenvalue weighted by atomic mass is 16.7. The van der Waals surface area contributed by atoms with Crippen LogP contribution >= 0.6 is 0 Å². The zero-order valence-corrected chi connectivity index (χ0v) is 11.6. The van der Waals surface area contributed by atoms with Crippen LogP contribution in [0.2, 0.25) is 0 Å². The molecule has 0 heterocycles. The number of benzene rings is 2. The van der Waals surface area contributed by atoms with E-state index in [9.17, 15) is 9.90 Å². The van der Waals surface area contributed by atoms with Crippen LogP contribution in [0.1, 0.15) is 15.9 Å². The summed E-state index contributed by atoms with van der Waals surface area (Å²) in [4.78, 5) is 10.7. The third kappa shape index (κ3) is 4.22. The first kappa shape index (κ1) is 14.9. The number of ether oxygens (including phenoxy) is 3. The molecule has 2 aromatic carbocycles. The van der Waals surface area contributed by atoms with Gasteiger partial charge in [-0.05, 0) is 35.9 Å². The molecule has 0 amide bonds. The number of phenolic OH excluding ortho intramolecular Hbond substituents is 1. The van der Waals surface area contributed by atoms with Gasteiger partial charge in [-0.15, -0.1) is 0 Å².